The van der Waals surface area contributed by atoms with Crippen molar-refractivity contribution in [1.29, 1.82) is 0 Å². The monoisotopic (exact) mass is 559 g/mol. The Morgan fingerprint density at radius 2 is 1.85 bits per heavy atom. The Bertz CT molecular complexity index is 1360. The molecule has 3 aliphatic rings. The quantitative estimate of drug-likeness (QED) is 0.363. The molecule has 2 aliphatic heterocycles. The number of amides is 2. The minimum Gasteiger partial charge on any atom is -0.346 e. The molecule has 40 heavy (non-hydrogen) atoms. The highest BCUT2D eigenvalue weighted by molar-refractivity contribution is 6.47. The van der Waals surface area contributed by atoms with E-state index in [9.17, 15) is 9.59 Å². The summed E-state index contributed by atoms with van der Waals surface area (Å²) in [6, 6.07) is 14.9. The largest absolute Gasteiger partial charge is 0.346 e. The Morgan fingerprint density at radius 1 is 1.15 bits per heavy atom. The minimum absolute atomic E-state index is 0.0420. The summed E-state index contributed by atoms with van der Waals surface area (Å²) in [5.74, 6) is 0.377. The van der Waals surface area contributed by atoms with E-state index >= 15 is 0 Å². The summed E-state index contributed by atoms with van der Waals surface area (Å²) in [5, 5.41) is 11.0. The zero-order chi connectivity index (χ0) is 28.5. The van der Waals surface area contributed by atoms with Gasteiger partial charge >= 0.3 is 0 Å². The molecule has 0 aromatic heterocycles. The standard InChI is InChI=1S/C32H38ClN5O2/c1-5-7-27(21-10-12-22(13-11-21)29(39)34-19-26-20-35-37-26)38-30(40)28(23-8-6-9-25(33)18-23)36-32(38)16-14-24(15-17-32)31(2,3)4/h6,8-13,18,20,24,27H,5,7,14-17,19H2,1-4H3,(H,34,39). The summed E-state index contributed by atoms with van der Waals surface area (Å²) in [4.78, 5) is 34.3. The van der Waals surface area contributed by atoms with E-state index in [-0.39, 0.29) is 23.3 Å². The molecule has 2 aromatic carbocycles. The minimum atomic E-state index is -0.586. The van der Waals surface area contributed by atoms with Crippen LogP contribution in [0.3, 0.4) is 0 Å². The van der Waals surface area contributed by atoms with Gasteiger partial charge in [-0.3, -0.25) is 14.6 Å². The molecule has 2 aromatic rings. The highest BCUT2D eigenvalue weighted by Crippen LogP contribution is 2.49. The summed E-state index contributed by atoms with van der Waals surface area (Å²) in [6.07, 6.45) is 7.06. The molecule has 0 bridgehead atoms. The Labute approximate surface area is 241 Å². The number of hydrogen-bond donors (Lipinski definition) is 1. The van der Waals surface area contributed by atoms with Gasteiger partial charge in [0.25, 0.3) is 11.8 Å². The maximum atomic E-state index is 14.3. The smallest absolute Gasteiger partial charge is 0.275 e. The van der Waals surface area contributed by atoms with E-state index in [2.05, 4.69) is 48.1 Å². The number of rotatable bonds is 8. The first-order valence-electron chi connectivity index (χ1n) is 14.3. The van der Waals surface area contributed by atoms with Gasteiger partial charge < -0.3 is 10.2 Å². The lowest BCUT2D eigenvalue weighted by atomic mass is 9.69. The van der Waals surface area contributed by atoms with Gasteiger partial charge in [-0.2, -0.15) is 10.2 Å². The second-order valence-corrected chi connectivity index (χ2v) is 12.7. The van der Waals surface area contributed by atoms with Gasteiger partial charge in [-0.05, 0) is 73.3 Å². The van der Waals surface area contributed by atoms with E-state index in [0.717, 1.165) is 55.3 Å². The van der Waals surface area contributed by atoms with Crippen LogP contribution in [0.25, 0.3) is 0 Å². The first-order chi connectivity index (χ1) is 19.1. The maximum absolute atomic E-state index is 14.3. The van der Waals surface area contributed by atoms with Crippen molar-refractivity contribution in [2.45, 2.75) is 77.9 Å². The second kappa shape index (κ2) is 11.3. The molecule has 1 N–H and O–H groups in total. The predicted octanol–water partition coefficient (Wildman–Crippen LogP) is 7.48. The highest BCUT2D eigenvalue weighted by atomic mass is 35.5. The number of hydrogen-bond acceptors (Lipinski definition) is 5. The van der Waals surface area contributed by atoms with E-state index in [1.165, 1.54) is 0 Å². The number of nitrogens with zero attached hydrogens (tertiary/aromatic N) is 4. The van der Waals surface area contributed by atoms with E-state index in [1.807, 2.05) is 48.5 Å². The van der Waals surface area contributed by atoms with E-state index < -0.39 is 5.66 Å². The van der Waals surface area contributed by atoms with Crippen LogP contribution < -0.4 is 5.32 Å². The lowest BCUT2D eigenvalue weighted by Gasteiger charge is -2.47. The van der Waals surface area contributed by atoms with Crippen LogP contribution >= 0.6 is 11.6 Å². The number of carbonyl (C=O) groups is 2. The van der Waals surface area contributed by atoms with Gasteiger partial charge in [0, 0.05) is 16.1 Å². The fourth-order valence-corrected chi connectivity index (χ4v) is 6.43. The Hall–Kier alpha value is -3.32. The lowest BCUT2D eigenvalue weighted by molar-refractivity contribution is -0.133. The molecule has 2 amide bonds. The summed E-state index contributed by atoms with van der Waals surface area (Å²) in [5.41, 5.74) is 3.23. The maximum Gasteiger partial charge on any atom is 0.275 e. The van der Waals surface area contributed by atoms with Gasteiger partial charge in [0.05, 0.1) is 18.8 Å². The zero-order valence-electron chi connectivity index (χ0n) is 23.8. The van der Waals surface area contributed by atoms with Crippen molar-refractivity contribution in [1.82, 2.24) is 10.2 Å². The van der Waals surface area contributed by atoms with E-state index in [4.69, 9.17) is 16.6 Å². The van der Waals surface area contributed by atoms with Crippen molar-refractivity contribution in [2.75, 3.05) is 6.54 Å². The van der Waals surface area contributed by atoms with Crippen LogP contribution in [0.4, 0.5) is 0 Å². The first-order valence-corrected chi connectivity index (χ1v) is 14.7. The molecule has 1 fully saturated rings. The molecular weight excluding hydrogens is 522 g/mol. The molecule has 1 aliphatic carbocycles. The Morgan fingerprint density at radius 3 is 2.42 bits per heavy atom. The topological polar surface area (TPSA) is 86.5 Å². The third kappa shape index (κ3) is 5.62. The van der Waals surface area contributed by atoms with Crippen LogP contribution in [0.5, 0.6) is 0 Å². The van der Waals surface area contributed by atoms with Crippen molar-refractivity contribution < 1.29 is 9.59 Å². The third-order valence-electron chi connectivity index (χ3n) is 8.55. The van der Waals surface area contributed by atoms with E-state index in [1.54, 1.807) is 6.20 Å². The molecule has 1 saturated carbocycles. The van der Waals surface area contributed by atoms with Gasteiger partial charge in [-0.1, -0.05) is 70.0 Å². The average molecular weight is 560 g/mol. The van der Waals surface area contributed by atoms with Gasteiger partial charge in [-0.15, -0.1) is 0 Å². The van der Waals surface area contributed by atoms with Crippen LogP contribution in [-0.4, -0.2) is 34.6 Å². The molecule has 0 saturated heterocycles. The molecule has 0 radical (unpaired) electrons. The van der Waals surface area contributed by atoms with Crippen molar-refractivity contribution >= 4 is 29.1 Å². The Kier molecular flexibility index (Phi) is 7.96. The molecule has 8 heteroatoms. The molecule has 1 atom stereocenters. The highest BCUT2D eigenvalue weighted by Gasteiger charge is 2.52. The molecule has 1 unspecified atom stereocenters. The zero-order valence-corrected chi connectivity index (χ0v) is 24.5. The van der Waals surface area contributed by atoms with Gasteiger partial charge in [-0.25, -0.2) is 0 Å². The second-order valence-electron chi connectivity index (χ2n) is 12.2. The van der Waals surface area contributed by atoms with Crippen LogP contribution in [0.1, 0.15) is 93.7 Å². The number of benzene rings is 2. The van der Waals surface area contributed by atoms with E-state index in [0.29, 0.717) is 28.8 Å². The summed E-state index contributed by atoms with van der Waals surface area (Å²) >= 11 is 6.33. The number of nitrogens with one attached hydrogen (secondary N) is 1. The fourth-order valence-electron chi connectivity index (χ4n) is 6.24. The predicted molar refractivity (Wildman–Crippen MR) is 158 cm³/mol. The van der Waals surface area contributed by atoms with Gasteiger partial charge in [0.1, 0.15) is 17.1 Å². The molecule has 210 valence electrons. The first kappa shape index (κ1) is 28.2. The molecular formula is C32H38ClN5O2. The van der Waals surface area contributed by atoms with Crippen molar-refractivity contribution in [3.05, 3.63) is 82.1 Å². The van der Waals surface area contributed by atoms with Crippen LogP contribution in [0, 0.1) is 11.3 Å². The van der Waals surface area contributed by atoms with Crippen molar-refractivity contribution in [3.8, 4) is 0 Å². The summed E-state index contributed by atoms with van der Waals surface area (Å²) in [7, 11) is 0. The number of azo groups is 1. The van der Waals surface area contributed by atoms with Gasteiger partial charge in [0.2, 0.25) is 0 Å². The van der Waals surface area contributed by atoms with Crippen LogP contribution in [0.15, 0.2) is 75.6 Å². The summed E-state index contributed by atoms with van der Waals surface area (Å²) in [6.45, 7) is 9.41. The van der Waals surface area contributed by atoms with Crippen molar-refractivity contribution in [3.63, 3.8) is 0 Å². The molecule has 2 heterocycles. The third-order valence-corrected chi connectivity index (χ3v) is 8.79. The van der Waals surface area contributed by atoms with Crippen LogP contribution in [0.2, 0.25) is 5.02 Å². The molecule has 7 nitrogen and oxygen atoms in total. The average Bonchev–Trinajstić information content (AvgIpc) is 3.17. The number of halogens is 1. The lowest BCUT2D eigenvalue weighted by Crippen LogP contribution is -2.51. The number of aliphatic imine (C=N–C) groups is 1. The van der Waals surface area contributed by atoms with Crippen molar-refractivity contribution in [2.24, 2.45) is 26.6 Å². The molecule has 5 rings (SSSR count). The summed E-state index contributed by atoms with van der Waals surface area (Å²) < 4.78 is 0. The fraction of sp³-hybridized carbons (Fsp3) is 0.469. The van der Waals surface area contributed by atoms with Gasteiger partial charge in [0.15, 0.2) is 0 Å². The Balaban J connectivity index is 1.46. The normalized spacial score (nSPS) is 23.1. The SMILES string of the molecule is CCCC(c1ccc(C(=O)NCC2=CN=N2)cc1)N1C(=O)C(c2cccc(Cl)c2)=NC12CCC(C(C)(C)C)CC2. The number of carbonyl (C=O) groups excluding carboxylic acids is 2. The van der Waals surface area contributed by atoms with Crippen LogP contribution in [-0.2, 0) is 4.79 Å². The molecule has 1 spiro atoms.